The molecule has 0 radical (unpaired) electrons. The van der Waals surface area contributed by atoms with Gasteiger partial charge < -0.3 is 0 Å². The van der Waals surface area contributed by atoms with Crippen LogP contribution >= 0.6 is 0 Å². The van der Waals surface area contributed by atoms with Crippen LogP contribution in [0.4, 0.5) is 26.3 Å². The third-order valence-corrected chi connectivity index (χ3v) is 1.33. The van der Waals surface area contributed by atoms with Crippen molar-refractivity contribution >= 4 is 0 Å². The summed E-state index contributed by atoms with van der Waals surface area (Å²) in [5.74, 6) is 0. The highest BCUT2D eigenvalue weighted by Gasteiger charge is 2.48. The fourth-order valence-corrected chi connectivity index (χ4v) is 0.653. The molecule has 0 rings (SSSR count). The van der Waals surface area contributed by atoms with E-state index in [9.17, 15) is 26.3 Å². The number of alkyl halides is 6. The molecule has 0 fully saturated rings. The molecule has 0 amide bonds. The summed E-state index contributed by atoms with van der Waals surface area (Å²) in [7, 11) is 0. The predicted octanol–water partition coefficient (Wildman–Crippen LogP) is 3.14. The van der Waals surface area contributed by atoms with Crippen LogP contribution in [0.1, 0.15) is 6.42 Å². The summed E-state index contributed by atoms with van der Waals surface area (Å²) in [5.41, 5.74) is 0. The van der Waals surface area contributed by atoms with Crippen molar-refractivity contribution in [3.63, 3.8) is 0 Å². The molecule has 0 aliphatic rings. The lowest BCUT2D eigenvalue weighted by Crippen LogP contribution is -2.38. The second kappa shape index (κ2) is 4.53. The summed E-state index contributed by atoms with van der Waals surface area (Å²) in [5, 5.41) is 0. The van der Waals surface area contributed by atoms with Crippen molar-refractivity contribution < 1.29 is 26.3 Å². The van der Waals surface area contributed by atoms with Crippen molar-refractivity contribution in [2.75, 3.05) is 0 Å². The third-order valence-electron chi connectivity index (χ3n) is 1.33. The van der Waals surface area contributed by atoms with E-state index in [-0.39, 0.29) is 0 Å². The van der Waals surface area contributed by atoms with Gasteiger partial charge in [0.2, 0.25) is 6.17 Å². The molecule has 0 N–H and O–H groups in total. The Labute approximate surface area is 71.2 Å². The van der Waals surface area contributed by atoms with Crippen LogP contribution < -0.4 is 0 Å². The van der Waals surface area contributed by atoms with E-state index in [2.05, 4.69) is 6.58 Å². The minimum absolute atomic E-state index is 0.641. The Morgan fingerprint density at radius 3 is 1.92 bits per heavy atom. The molecule has 78 valence electrons. The van der Waals surface area contributed by atoms with Crippen molar-refractivity contribution in [1.82, 2.24) is 0 Å². The van der Waals surface area contributed by atoms with Gasteiger partial charge >= 0.3 is 6.18 Å². The Kier molecular flexibility index (Phi) is 4.29. The molecule has 0 aromatic heterocycles. The SMILES string of the molecule is C=CCC(F)C(F)C(F)C(F)(F)F. The Morgan fingerprint density at radius 2 is 1.62 bits per heavy atom. The first-order valence-electron chi connectivity index (χ1n) is 3.40. The standard InChI is InChI=1S/C7H8F6/c1-2-3-4(8)5(9)6(10)7(11,12)13/h2,4-6H,1,3H2. The number of rotatable bonds is 4. The van der Waals surface area contributed by atoms with Crippen molar-refractivity contribution in [3.8, 4) is 0 Å². The molecule has 0 spiro atoms. The van der Waals surface area contributed by atoms with Crippen LogP contribution in [0.15, 0.2) is 12.7 Å². The first kappa shape index (κ1) is 12.3. The summed E-state index contributed by atoms with van der Waals surface area (Å²) in [6.45, 7) is 2.99. The summed E-state index contributed by atoms with van der Waals surface area (Å²) in [6.07, 6.45) is -14.6. The zero-order valence-corrected chi connectivity index (χ0v) is 6.49. The fourth-order valence-electron chi connectivity index (χ4n) is 0.653. The van der Waals surface area contributed by atoms with Crippen molar-refractivity contribution in [3.05, 3.63) is 12.7 Å². The van der Waals surface area contributed by atoms with E-state index in [1.54, 1.807) is 0 Å². The Bertz CT molecular complexity index is 163. The lowest BCUT2D eigenvalue weighted by molar-refractivity contribution is -0.202. The van der Waals surface area contributed by atoms with Gasteiger partial charge in [-0.2, -0.15) is 13.2 Å². The first-order valence-corrected chi connectivity index (χ1v) is 3.40. The molecule has 0 heterocycles. The summed E-state index contributed by atoms with van der Waals surface area (Å²) in [4.78, 5) is 0. The zero-order chi connectivity index (χ0) is 10.6. The topological polar surface area (TPSA) is 0 Å². The molecule has 3 atom stereocenters. The van der Waals surface area contributed by atoms with E-state index in [0.29, 0.717) is 0 Å². The molecule has 0 aliphatic heterocycles. The maximum absolute atomic E-state index is 12.4. The van der Waals surface area contributed by atoms with Crippen LogP contribution in [0, 0.1) is 0 Å². The van der Waals surface area contributed by atoms with E-state index < -0.39 is 31.1 Å². The smallest absolute Gasteiger partial charge is 0.244 e. The Balaban J connectivity index is 4.24. The molecule has 13 heavy (non-hydrogen) atoms. The van der Waals surface area contributed by atoms with Crippen LogP contribution in [0.5, 0.6) is 0 Å². The lowest BCUT2D eigenvalue weighted by Gasteiger charge is -2.18. The second-order valence-electron chi connectivity index (χ2n) is 2.43. The van der Waals surface area contributed by atoms with Crippen LogP contribution in [-0.2, 0) is 0 Å². The molecular formula is C7H8F6. The van der Waals surface area contributed by atoms with Crippen molar-refractivity contribution in [2.45, 2.75) is 31.1 Å². The fraction of sp³-hybridized carbons (Fsp3) is 0.714. The van der Waals surface area contributed by atoms with Gasteiger partial charge in [0.1, 0.15) is 6.17 Å². The summed E-state index contributed by atoms with van der Waals surface area (Å²) >= 11 is 0. The maximum Gasteiger partial charge on any atom is 0.422 e. The molecule has 3 unspecified atom stereocenters. The van der Waals surface area contributed by atoms with Gasteiger partial charge in [-0.25, -0.2) is 13.2 Å². The maximum atomic E-state index is 12.4. The molecular weight excluding hydrogens is 198 g/mol. The highest BCUT2D eigenvalue weighted by molar-refractivity contribution is 4.85. The molecule has 0 aromatic rings. The van der Waals surface area contributed by atoms with E-state index in [1.807, 2.05) is 0 Å². The van der Waals surface area contributed by atoms with E-state index >= 15 is 0 Å². The van der Waals surface area contributed by atoms with Crippen LogP contribution in [0.2, 0.25) is 0 Å². The van der Waals surface area contributed by atoms with Gasteiger partial charge in [0.25, 0.3) is 0 Å². The van der Waals surface area contributed by atoms with Gasteiger partial charge in [-0.15, -0.1) is 6.58 Å². The van der Waals surface area contributed by atoms with E-state index in [4.69, 9.17) is 0 Å². The quantitative estimate of drug-likeness (QED) is 0.489. The molecule has 0 bridgehead atoms. The number of allylic oxidation sites excluding steroid dienone is 1. The van der Waals surface area contributed by atoms with Crippen molar-refractivity contribution in [1.29, 1.82) is 0 Å². The minimum Gasteiger partial charge on any atom is -0.244 e. The first-order chi connectivity index (χ1) is 5.80. The average molecular weight is 206 g/mol. The molecule has 0 aliphatic carbocycles. The minimum atomic E-state index is -5.36. The number of hydrogen-bond donors (Lipinski definition) is 0. The molecule has 6 heteroatoms. The monoisotopic (exact) mass is 206 g/mol. The zero-order valence-electron chi connectivity index (χ0n) is 6.49. The molecule has 0 aromatic carbocycles. The Hall–Kier alpha value is -0.680. The van der Waals surface area contributed by atoms with Gasteiger partial charge in [0.15, 0.2) is 6.17 Å². The van der Waals surface area contributed by atoms with Crippen LogP contribution in [-0.4, -0.2) is 24.7 Å². The van der Waals surface area contributed by atoms with Gasteiger partial charge in [0.05, 0.1) is 0 Å². The third kappa shape index (κ3) is 3.69. The van der Waals surface area contributed by atoms with Gasteiger partial charge in [-0.05, 0) is 6.42 Å². The highest BCUT2D eigenvalue weighted by Crippen LogP contribution is 2.29. The van der Waals surface area contributed by atoms with E-state index in [1.165, 1.54) is 0 Å². The van der Waals surface area contributed by atoms with Gasteiger partial charge in [0, 0.05) is 0 Å². The molecule has 0 nitrogen and oxygen atoms in total. The normalized spacial score (nSPS) is 19.2. The summed E-state index contributed by atoms with van der Waals surface area (Å²) in [6, 6.07) is 0. The van der Waals surface area contributed by atoms with Gasteiger partial charge in [-0.1, -0.05) is 6.08 Å². The number of hydrogen-bond acceptors (Lipinski definition) is 0. The van der Waals surface area contributed by atoms with E-state index in [0.717, 1.165) is 6.08 Å². The van der Waals surface area contributed by atoms with Crippen LogP contribution in [0.3, 0.4) is 0 Å². The Morgan fingerprint density at radius 1 is 1.15 bits per heavy atom. The average Bonchev–Trinajstić information content (AvgIpc) is 2.00. The highest BCUT2D eigenvalue weighted by atomic mass is 19.4. The molecule has 0 saturated carbocycles. The largest absolute Gasteiger partial charge is 0.422 e. The van der Waals surface area contributed by atoms with Gasteiger partial charge in [-0.3, -0.25) is 0 Å². The van der Waals surface area contributed by atoms with Crippen LogP contribution in [0.25, 0.3) is 0 Å². The number of halogens is 6. The van der Waals surface area contributed by atoms with Crippen molar-refractivity contribution in [2.24, 2.45) is 0 Å². The predicted molar refractivity (Wildman–Crippen MR) is 35.6 cm³/mol. The summed E-state index contributed by atoms with van der Waals surface area (Å²) < 4.78 is 71.3. The second-order valence-corrected chi connectivity index (χ2v) is 2.43. The molecule has 0 saturated heterocycles. The lowest BCUT2D eigenvalue weighted by atomic mass is 10.1.